The van der Waals surface area contributed by atoms with Gasteiger partial charge in [-0.1, -0.05) is 37.3 Å². The van der Waals surface area contributed by atoms with E-state index in [-0.39, 0.29) is 0 Å². The molecule has 0 aliphatic heterocycles. The third kappa shape index (κ3) is 1.83. The number of benzene rings is 1. The number of aliphatic hydroxyl groups is 1. The van der Waals surface area contributed by atoms with Crippen molar-refractivity contribution in [3.63, 3.8) is 0 Å². The predicted octanol–water partition coefficient (Wildman–Crippen LogP) is 2.81. The lowest BCUT2D eigenvalue weighted by Crippen LogP contribution is -2.07. The van der Waals surface area contributed by atoms with E-state index < -0.39 is 0 Å². The molecule has 1 aromatic rings. The zero-order valence-corrected chi connectivity index (χ0v) is 8.69. The Balaban J connectivity index is 2.09. The van der Waals surface area contributed by atoms with Gasteiger partial charge < -0.3 is 5.11 Å². The summed E-state index contributed by atoms with van der Waals surface area (Å²) >= 11 is 0. The summed E-state index contributed by atoms with van der Waals surface area (Å²) in [5, 5.41) is 9.20. The number of hydrogen-bond acceptors (Lipinski definition) is 1. The van der Waals surface area contributed by atoms with Gasteiger partial charge in [0.25, 0.3) is 0 Å². The maximum atomic E-state index is 9.20. The van der Waals surface area contributed by atoms with Crippen LogP contribution in [0.25, 0.3) is 0 Å². The topological polar surface area (TPSA) is 20.2 Å². The van der Waals surface area contributed by atoms with Crippen LogP contribution in [0.5, 0.6) is 0 Å². The van der Waals surface area contributed by atoms with Crippen LogP contribution in [0.2, 0.25) is 0 Å². The molecule has 1 aliphatic carbocycles. The van der Waals surface area contributed by atoms with Gasteiger partial charge in [-0.2, -0.15) is 0 Å². The molecular formula is C13H18O. The molecule has 0 bridgehead atoms. The van der Waals surface area contributed by atoms with Gasteiger partial charge in [0.2, 0.25) is 0 Å². The third-order valence-corrected chi connectivity index (χ3v) is 3.55. The van der Waals surface area contributed by atoms with Crippen LogP contribution in [-0.4, -0.2) is 11.7 Å². The average Bonchev–Trinajstić information content (AvgIpc) is 2.61. The molecule has 0 amide bonds. The summed E-state index contributed by atoms with van der Waals surface area (Å²) in [6, 6.07) is 10.7. The molecule has 3 unspecified atom stereocenters. The van der Waals surface area contributed by atoms with Crippen molar-refractivity contribution in [3.05, 3.63) is 35.9 Å². The van der Waals surface area contributed by atoms with Gasteiger partial charge in [0.1, 0.15) is 0 Å². The molecule has 1 nitrogen and oxygen atoms in total. The van der Waals surface area contributed by atoms with Crippen LogP contribution in [0.4, 0.5) is 0 Å². The van der Waals surface area contributed by atoms with Crippen molar-refractivity contribution < 1.29 is 5.11 Å². The minimum atomic E-state index is 0.352. The van der Waals surface area contributed by atoms with E-state index in [2.05, 4.69) is 37.3 Å². The molecule has 1 saturated carbocycles. The molecule has 1 heteroatoms. The highest BCUT2D eigenvalue weighted by Gasteiger charge is 2.31. The van der Waals surface area contributed by atoms with Crippen LogP contribution in [-0.2, 0) is 0 Å². The predicted molar refractivity (Wildman–Crippen MR) is 58.2 cm³/mol. The van der Waals surface area contributed by atoms with E-state index in [1.165, 1.54) is 12.0 Å². The fourth-order valence-electron chi connectivity index (χ4n) is 2.59. The molecular weight excluding hydrogens is 172 g/mol. The van der Waals surface area contributed by atoms with Crippen LogP contribution in [0.1, 0.15) is 31.2 Å². The van der Waals surface area contributed by atoms with Gasteiger partial charge in [0, 0.05) is 6.61 Å². The molecule has 1 aliphatic rings. The summed E-state index contributed by atoms with van der Waals surface area (Å²) in [5.41, 5.74) is 1.44. The van der Waals surface area contributed by atoms with Crippen molar-refractivity contribution in [1.29, 1.82) is 0 Å². The first-order chi connectivity index (χ1) is 6.81. The van der Waals surface area contributed by atoms with Crippen LogP contribution in [0, 0.1) is 11.8 Å². The SMILES string of the molecule is CC1CC(c2ccccc2)CC1CO. The van der Waals surface area contributed by atoms with Crippen molar-refractivity contribution in [1.82, 2.24) is 0 Å². The van der Waals surface area contributed by atoms with Gasteiger partial charge >= 0.3 is 0 Å². The third-order valence-electron chi connectivity index (χ3n) is 3.55. The van der Waals surface area contributed by atoms with E-state index in [0.29, 0.717) is 24.4 Å². The number of hydrogen-bond donors (Lipinski definition) is 1. The molecule has 14 heavy (non-hydrogen) atoms. The highest BCUT2D eigenvalue weighted by atomic mass is 16.3. The van der Waals surface area contributed by atoms with Crippen molar-refractivity contribution in [2.24, 2.45) is 11.8 Å². The minimum absolute atomic E-state index is 0.352. The lowest BCUT2D eigenvalue weighted by molar-refractivity contribution is 0.201. The Hall–Kier alpha value is -0.820. The summed E-state index contributed by atoms with van der Waals surface area (Å²) < 4.78 is 0. The molecule has 0 heterocycles. The van der Waals surface area contributed by atoms with Gasteiger partial charge in [-0.3, -0.25) is 0 Å². The number of rotatable bonds is 2. The number of aliphatic hydroxyl groups excluding tert-OH is 1. The summed E-state index contributed by atoms with van der Waals surface area (Å²) in [6.07, 6.45) is 2.39. The maximum absolute atomic E-state index is 9.20. The molecule has 1 N–H and O–H groups in total. The van der Waals surface area contributed by atoms with Crippen molar-refractivity contribution in [2.45, 2.75) is 25.7 Å². The second-order valence-electron chi connectivity index (χ2n) is 4.50. The van der Waals surface area contributed by atoms with Crippen LogP contribution in [0.15, 0.2) is 30.3 Å². The van der Waals surface area contributed by atoms with E-state index in [1.54, 1.807) is 0 Å². The van der Waals surface area contributed by atoms with Crippen LogP contribution in [0.3, 0.4) is 0 Å². The molecule has 0 radical (unpaired) electrons. The monoisotopic (exact) mass is 190 g/mol. The first-order valence-electron chi connectivity index (χ1n) is 5.47. The normalized spacial score (nSPS) is 32.0. The Bertz CT molecular complexity index is 281. The molecule has 0 aromatic heterocycles. The first kappa shape index (κ1) is 9.72. The van der Waals surface area contributed by atoms with Gasteiger partial charge in [0.05, 0.1) is 0 Å². The molecule has 2 rings (SSSR count). The second kappa shape index (κ2) is 4.14. The highest BCUT2D eigenvalue weighted by molar-refractivity contribution is 5.20. The molecule has 3 atom stereocenters. The summed E-state index contributed by atoms with van der Waals surface area (Å²) in [7, 11) is 0. The molecule has 0 spiro atoms. The van der Waals surface area contributed by atoms with Crippen LogP contribution < -0.4 is 0 Å². The Kier molecular flexibility index (Phi) is 2.87. The average molecular weight is 190 g/mol. The van der Waals surface area contributed by atoms with Gasteiger partial charge in [-0.25, -0.2) is 0 Å². The van der Waals surface area contributed by atoms with E-state index >= 15 is 0 Å². The minimum Gasteiger partial charge on any atom is -0.396 e. The highest BCUT2D eigenvalue weighted by Crippen LogP contribution is 2.41. The fourth-order valence-corrected chi connectivity index (χ4v) is 2.59. The van der Waals surface area contributed by atoms with E-state index in [4.69, 9.17) is 0 Å². The summed E-state index contributed by atoms with van der Waals surface area (Å²) in [6.45, 7) is 2.61. The quantitative estimate of drug-likeness (QED) is 0.760. The van der Waals surface area contributed by atoms with E-state index in [1.807, 2.05) is 0 Å². The molecule has 76 valence electrons. The van der Waals surface area contributed by atoms with Crippen molar-refractivity contribution >= 4 is 0 Å². The molecule has 0 saturated heterocycles. The lowest BCUT2D eigenvalue weighted by Gasteiger charge is -2.10. The Morgan fingerprint density at radius 1 is 1.21 bits per heavy atom. The summed E-state index contributed by atoms with van der Waals surface area (Å²) in [4.78, 5) is 0. The van der Waals surface area contributed by atoms with Crippen LogP contribution >= 0.6 is 0 Å². The lowest BCUT2D eigenvalue weighted by atomic mass is 9.97. The van der Waals surface area contributed by atoms with Crippen molar-refractivity contribution in [3.8, 4) is 0 Å². The summed E-state index contributed by atoms with van der Waals surface area (Å²) in [5.74, 6) is 1.86. The maximum Gasteiger partial charge on any atom is 0.0462 e. The Morgan fingerprint density at radius 2 is 1.93 bits per heavy atom. The largest absolute Gasteiger partial charge is 0.396 e. The smallest absolute Gasteiger partial charge is 0.0462 e. The van der Waals surface area contributed by atoms with Gasteiger partial charge in [0.15, 0.2) is 0 Å². The Morgan fingerprint density at radius 3 is 2.50 bits per heavy atom. The zero-order valence-electron chi connectivity index (χ0n) is 8.69. The van der Waals surface area contributed by atoms with Gasteiger partial charge in [-0.15, -0.1) is 0 Å². The van der Waals surface area contributed by atoms with E-state index in [0.717, 1.165) is 6.42 Å². The standard InChI is InChI=1S/C13H18O/c1-10-7-12(8-13(10)9-14)11-5-3-2-4-6-11/h2-6,10,12-14H,7-9H2,1H3. The molecule has 1 aromatic carbocycles. The zero-order chi connectivity index (χ0) is 9.97. The van der Waals surface area contributed by atoms with Gasteiger partial charge in [-0.05, 0) is 36.2 Å². The first-order valence-corrected chi connectivity index (χ1v) is 5.47. The second-order valence-corrected chi connectivity index (χ2v) is 4.50. The Labute approximate surface area is 85.8 Å². The molecule has 1 fully saturated rings. The van der Waals surface area contributed by atoms with E-state index in [9.17, 15) is 5.11 Å². The fraction of sp³-hybridized carbons (Fsp3) is 0.538. The van der Waals surface area contributed by atoms with Crippen molar-refractivity contribution in [2.75, 3.05) is 6.61 Å².